The Morgan fingerprint density at radius 1 is 0.657 bits per heavy atom. The van der Waals surface area contributed by atoms with Gasteiger partial charge in [0, 0.05) is 16.8 Å². The fourth-order valence-corrected chi connectivity index (χ4v) is 4.97. The van der Waals surface area contributed by atoms with E-state index in [2.05, 4.69) is 5.32 Å². The highest BCUT2D eigenvalue weighted by Crippen LogP contribution is 2.39. The summed E-state index contributed by atoms with van der Waals surface area (Å²) >= 11 is 0. The van der Waals surface area contributed by atoms with Crippen LogP contribution in [0.15, 0.2) is 89.8 Å². The van der Waals surface area contributed by atoms with Crippen molar-refractivity contribution >= 4 is 33.1 Å². The van der Waals surface area contributed by atoms with E-state index in [9.17, 15) is 18.0 Å². The zero-order valence-electron chi connectivity index (χ0n) is 19.0. The van der Waals surface area contributed by atoms with Crippen molar-refractivity contribution in [3.63, 3.8) is 0 Å². The van der Waals surface area contributed by atoms with Gasteiger partial charge in [0.1, 0.15) is 4.90 Å². The number of aryl methyl sites for hydroxylation is 2. The van der Waals surface area contributed by atoms with Crippen LogP contribution in [0.3, 0.4) is 0 Å². The van der Waals surface area contributed by atoms with Crippen molar-refractivity contribution in [2.75, 3.05) is 5.32 Å². The second-order valence-corrected chi connectivity index (χ2v) is 9.95. The molecule has 0 radical (unpaired) electrons. The van der Waals surface area contributed by atoms with Gasteiger partial charge < -0.3 is 9.50 Å². The molecule has 0 spiro atoms. The molecule has 35 heavy (non-hydrogen) atoms. The smallest absolute Gasteiger partial charge is 0.339 e. The number of carbonyl (C=O) groups is 2. The van der Waals surface area contributed by atoms with Crippen LogP contribution >= 0.6 is 0 Å². The van der Waals surface area contributed by atoms with E-state index in [4.69, 9.17) is 4.18 Å². The van der Waals surface area contributed by atoms with Gasteiger partial charge in [-0.05, 0) is 50.2 Å². The lowest BCUT2D eigenvalue weighted by Crippen LogP contribution is -2.24. The van der Waals surface area contributed by atoms with Gasteiger partial charge in [0.2, 0.25) is 0 Å². The van der Waals surface area contributed by atoms with Gasteiger partial charge in [-0.25, -0.2) is 0 Å². The summed E-state index contributed by atoms with van der Waals surface area (Å²) in [4.78, 5) is 27.0. The quantitative estimate of drug-likeness (QED) is 0.328. The standard InChI is InChI=1S/C28H21NO5S/c1-17-7-11-19(12-8-17)29-23-15-16-24(34-35(32,33)20-13-9-18(2)10-14-20)26-25(23)27(30)21-5-3-4-6-22(21)28(26)31/h3-16,29H,1-2H3. The van der Waals surface area contributed by atoms with Gasteiger partial charge in [0.25, 0.3) is 0 Å². The lowest BCUT2D eigenvalue weighted by Gasteiger charge is -2.23. The highest BCUT2D eigenvalue weighted by atomic mass is 32.2. The van der Waals surface area contributed by atoms with Gasteiger partial charge in [0.15, 0.2) is 17.3 Å². The fraction of sp³-hybridized carbons (Fsp3) is 0.0714. The molecule has 0 amide bonds. The van der Waals surface area contributed by atoms with Crippen LogP contribution in [0.25, 0.3) is 0 Å². The molecule has 7 heteroatoms. The lowest BCUT2D eigenvalue weighted by atomic mass is 9.82. The minimum absolute atomic E-state index is 0.0475. The highest BCUT2D eigenvalue weighted by molar-refractivity contribution is 7.87. The minimum Gasteiger partial charge on any atom is -0.378 e. The van der Waals surface area contributed by atoms with Crippen molar-refractivity contribution in [1.29, 1.82) is 0 Å². The Kier molecular flexibility index (Phi) is 5.49. The van der Waals surface area contributed by atoms with E-state index < -0.39 is 15.9 Å². The molecular weight excluding hydrogens is 462 g/mol. The normalized spacial score (nSPS) is 12.6. The summed E-state index contributed by atoms with van der Waals surface area (Å²) in [5, 5.41) is 3.19. The van der Waals surface area contributed by atoms with Crippen molar-refractivity contribution < 1.29 is 22.2 Å². The van der Waals surface area contributed by atoms with Crippen LogP contribution in [0, 0.1) is 13.8 Å². The Bertz CT molecular complexity index is 1590. The van der Waals surface area contributed by atoms with Crippen LogP contribution in [-0.2, 0) is 10.1 Å². The topological polar surface area (TPSA) is 89.5 Å². The molecule has 0 aromatic heterocycles. The number of anilines is 2. The van der Waals surface area contributed by atoms with Crippen molar-refractivity contribution in [3.05, 3.63) is 118 Å². The lowest BCUT2D eigenvalue weighted by molar-refractivity contribution is 0.0978. The molecule has 0 bridgehead atoms. The van der Waals surface area contributed by atoms with Crippen LogP contribution < -0.4 is 9.50 Å². The Morgan fingerprint density at radius 3 is 1.80 bits per heavy atom. The van der Waals surface area contributed by atoms with Gasteiger partial charge >= 0.3 is 10.1 Å². The molecule has 0 saturated carbocycles. The third-order valence-electron chi connectivity index (χ3n) is 5.88. The summed E-state index contributed by atoms with van der Waals surface area (Å²) in [5.74, 6) is -1.05. The molecule has 1 aliphatic carbocycles. The molecule has 6 nitrogen and oxygen atoms in total. The number of benzene rings is 4. The van der Waals surface area contributed by atoms with Crippen LogP contribution in [0.2, 0.25) is 0 Å². The van der Waals surface area contributed by atoms with E-state index in [1.807, 2.05) is 38.1 Å². The van der Waals surface area contributed by atoms with Crippen molar-refractivity contribution in [3.8, 4) is 5.75 Å². The fourth-order valence-electron chi connectivity index (χ4n) is 4.03. The van der Waals surface area contributed by atoms with E-state index in [1.54, 1.807) is 42.5 Å². The Balaban J connectivity index is 1.65. The van der Waals surface area contributed by atoms with Crippen molar-refractivity contribution in [2.45, 2.75) is 18.7 Å². The number of hydrogen-bond donors (Lipinski definition) is 1. The zero-order chi connectivity index (χ0) is 24.7. The molecule has 0 heterocycles. The average molecular weight is 484 g/mol. The van der Waals surface area contributed by atoms with Gasteiger partial charge in [-0.15, -0.1) is 0 Å². The number of carbonyl (C=O) groups excluding carboxylic acids is 2. The molecule has 0 fully saturated rings. The number of ketones is 2. The predicted molar refractivity (Wildman–Crippen MR) is 133 cm³/mol. The minimum atomic E-state index is -4.24. The molecule has 4 aromatic rings. The monoisotopic (exact) mass is 483 g/mol. The van der Waals surface area contributed by atoms with Crippen LogP contribution in [-0.4, -0.2) is 20.0 Å². The molecule has 4 aromatic carbocycles. The third kappa shape index (κ3) is 4.11. The first-order chi connectivity index (χ1) is 16.7. The maximum Gasteiger partial charge on any atom is 0.339 e. The summed E-state index contributed by atoms with van der Waals surface area (Å²) in [6.07, 6.45) is 0. The molecule has 174 valence electrons. The summed E-state index contributed by atoms with van der Waals surface area (Å²) in [6, 6.07) is 23.2. The molecule has 1 N–H and O–H groups in total. The zero-order valence-corrected chi connectivity index (χ0v) is 19.8. The van der Waals surface area contributed by atoms with E-state index in [-0.39, 0.29) is 38.7 Å². The maximum absolute atomic E-state index is 13.5. The number of fused-ring (bicyclic) bond motifs is 2. The van der Waals surface area contributed by atoms with Gasteiger partial charge in [0.05, 0.1) is 16.8 Å². The second kappa shape index (κ2) is 8.52. The van der Waals surface area contributed by atoms with Gasteiger partial charge in [-0.1, -0.05) is 59.7 Å². The van der Waals surface area contributed by atoms with E-state index >= 15 is 0 Å². The third-order valence-corrected chi connectivity index (χ3v) is 7.13. The van der Waals surface area contributed by atoms with Gasteiger partial charge in [-0.2, -0.15) is 8.42 Å². The predicted octanol–water partition coefficient (Wildman–Crippen LogP) is 5.59. The Hall–Kier alpha value is -4.23. The summed E-state index contributed by atoms with van der Waals surface area (Å²) < 4.78 is 31.5. The molecule has 0 aliphatic heterocycles. The molecular formula is C28H21NO5S. The first kappa shape index (κ1) is 22.6. The van der Waals surface area contributed by atoms with Gasteiger partial charge in [-0.3, -0.25) is 9.59 Å². The highest BCUT2D eigenvalue weighted by Gasteiger charge is 2.36. The summed E-state index contributed by atoms with van der Waals surface area (Å²) in [7, 11) is -4.24. The van der Waals surface area contributed by atoms with E-state index in [1.165, 1.54) is 18.2 Å². The van der Waals surface area contributed by atoms with Crippen LogP contribution in [0.4, 0.5) is 11.4 Å². The SMILES string of the molecule is Cc1ccc(Nc2ccc(OS(=O)(=O)c3ccc(C)cc3)c3c2C(=O)c2ccccc2C3=O)cc1. The molecule has 1 aliphatic rings. The Labute approximate surface area is 203 Å². The molecule has 0 unspecified atom stereocenters. The first-order valence-corrected chi connectivity index (χ1v) is 12.4. The van der Waals surface area contributed by atoms with E-state index in [0.717, 1.165) is 16.8 Å². The number of nitrogens with one attached hydrogen (secondary N) is 1. The Morgan fingerprint density at radius 2 is 1.20 bits per heavy atom. The first-order valence-electron chi connectivity index (χ1n) is 10.9. The van der Waals surface area contributed by atoms with Crippen molar-refractivity contribution in [1.82, 2.24) is 0 Å². The number of hydrogen-bond acceptors (Lipinski definition) is 6. The summed E-state index contributed by atoms with van der Waals surface area (Å²) in [5.41, 5.74) is 3.53. The van der Waals surface area contributed by atoms with Crippen LogP contribution in [0.1, 0.15) is 43.0 Å². The average Bonchev–Trinajstić information content (AvgIpc) is 2.85. The summed E-state index contributed by atoms with van der Waals surface area (Å²) in [6.45, 7) is 3.81. The van der Waals surface area contributed by atoms with E-state index in [0.29, 0.717) is 5.69 Å². The molecule has 0 atom stereocenters. The van der Waals surface area contributed by atoms with Crippen molar-refractivity contribution in [2.24, 2.45) is 0 Å². The number of rotatable bonds is 5. The van der Waals surface area contributed by atoms with Crippen LogP contribution in [0.5, 0.6) is 5.75 Å². The molecule has 5 rings (SSSR count). The molecule has 0 saturated heterocycles. The maximum atomic E-state index is 13.5. The largest absolute Gasteiger partial charge is 0.378 e. The second-order valence-electron chi connectivity index (χ2n) is 8.41.